The van der Waals surface area contributed by atoms with Crippen LogP contribution in [0.5, 0.6) is 0 Å². The Bertz CT molecular complexity index is 1070. The average Bonchev–Trinajstić information content (AvgIpc) is 2.81. The Morgan fingerprint density at radius 1 is 1.03 bits per heavy atom. The highest BCUT2D eigenvalue weighted by atomic mass is 16.5. The lowest BCUT2D eigenvalue weighted by molar-refractivity contribution is 0.123. The monoisotopic (exact) mass is 436 g/mol. The summed E-state index contributed by atoms with van der Waals surface area (Å²) in [7, 11) is 2.16. The number of hydrogen-bond acceptors (Lipinski definition) is 7. The molecule has 0 radical (unpaired) electrons. The van der Waals surface area contributed by atoms with E-state index in [9.17, 15) is 4.79 Å². The van der Waals surface area contributed by atoms with E-state index in [1.165, 1.54) is 5.69 Å². The van der Waals surface area contributed by atoms with Crippen LogP contribution in [0.4, 0.5) is 17.3 Å². The summed E-state index contributed by atoms with van der Waals surface area (Å²) in [6.45, 7) is 8.03. The van der Waals surface area contributed by atoms with Crippen molar-refractivity contribution >= 4 is 28.4 Å². The second-order valence-corrected chi connectivity index (χ2v) is 8.22. The number of unbranched alkanes of at least 4 members (excludes halogenated alkanes) is 1. The summed E-state index contributed by atoms with van der Waals surface area (Å²) in [5.41, 5.74) is 2.66. The summed E-state index contributed by atoms with van der Waals surface area (Å²) in [5, 5.41) is 4.10. The third-order valence-electron chi connectivity index (χ3n) is 5.82. The van der Waals surface area contributed by atoms with E-state index >= 15 is 0 Å². The lowest BCUT2D eigenvalue weighted by Crippen LogP contribution is -2.44. The van der Waals surface area contributed by atoms with E-state index in [4.69, 9.17) is 4.74 Å². The molecular formula is C24H32N6O2. The number of anilines is 3. The highest BCUT2D eigenvalue weighted by Gasteiger charge is 2.14. The highest BCUT2D eigenvalue weighted by Crippen LogP contribution is 2.21. The van der Waals surface area contributed by atoms with Crippen LogP contribution < -0.4 is 15.8 Å². The molecule has 0 unspecified atom stereocenters. The van der Waals surface area contributed by atoms with Crippen molar-refractivity contribution in [3.8, 4) is 0 Å². The molecule has 1 aliphatic rings. The average molecular weight is 437 g/mol. The van der Waals surface area contributed by atoms with Crippen molar-refractivity contribution in [3.63, 3.8) is 0 Å². The summed E-state index contributed by atoms with van der Waals surface area (Å²) in [6.07, 6.45) is 3.86. The van der Waals surface area contributed by atoms with Gasteiger partial charge in [-0.1, -0.05) is 13.3 Å². The largest absolute Gasteiger partial charge is 0.380 e. The molecule has 0 amide bonds. The Balaban J connectivity index is 1.47. The number of hydrogen-bond donors (Lipinski definition) is 1. The molecule has 1 aliphatic heterocycles. The number of benzene rings is 1. The summed E-state index contributed by atoms with van der Waals surface area (Å²) in [6, 6.07) is 11.7. The van der Waals surface area contributed by atoms with Gasteiger partial charge in [-0.2, -0.15) is 4.98 Å². The molecule has 170 valence electrons. The third kappa shape index (κ3) is 5.44. The first-order chi connectivity index (χ1) is 15.6. The van der Waals surface area contributed by atoms with Gasteiger partial charge in [0.05, 0.1) is 13.2 Å². The van der Waals surface area contributed by atoms with Gasteiger partial charge in [-0.05, 0) is 43.8 Å². The van der Waals surface area contributed by atoms with E-state index in [1.54, 1.807) is 22.9 Å². The van der Waals surface area contributed by atoms with Crippen molar-refractivity contribution in [3.05, 3.63) is 52.9 Å². The second-order valence-electron chi connectivity index (χ2n) is 8.22. The van der Waals surface area contributed by atoms with Gasteiger partial charge in [0.15, 0.2) is 0 Å². The lowest BCUT2D eigenvalue weighted by atomic mass is 10.2. The smallest absolute Gasteiger partial charge is 0.252 e. The van der Waals surface area contributed by atoms with Crippen LogP contribution in [0.2, 0.25) is 0 Å². The predicted octanol–water partition coefficient (Wildman–Crippen LogP) is 3.10. The maximum absolute atomic E-state index is 12.4. The molecule has 2 aromatic heterocycles. The van der Waals surface area contributed by atoms with Crippen molar-refractivity contribution in [2.45, 2.75) is 26.3 Å². The van der Waals surface area contributed by atoms with E-state index in [0.717, 1.165) is 50.1 Å². The van der Waals surface area contributed by atoms with Crippen LogP contribution in [0.1, 0.15) is 19.8 Å². The first-order valence-electron chi connectivity index (χ1n) is 11.4. The molecule has 0 spiro atoms. The van der Waals surface area contributed by atoms with Gasteiger partial charge in [0.2, 0.25) is 5.95 Å². The number of fused-ring (bicyclic) bond motifs is 1. The predicted molar refractivity (Wildman–Crippen MR) is 129 cm³/mol. The maximum atomic E-state index is 12.4. The Kier molecular flexibility index (Phi) is 7.34. The second kappa shape index (κ2) is 10.6. The minimum atomic E-state index is -0.0854. The standard InChI is InChI=1S/C24H32N6O2/c1-3-4-16-32-17-15-30-22(31)10-5-19-18-25-24(27-23(19)30)26-20-6-8-21(9-7-20)29-13-11-28(2)12-14-29/h5-10,18H,3-4,11-17H2,1-2H3,(H,25,26,27). The van der Waals surface area contributed by atoms with Gasteiger partial charge in [0.25, 0.3) is 5.56 Å². The van der Waals surface area contributed by atoms with Crippen LogP contribution in [-0.2, 0) is 11.3 Å². The van der Waals surface area contributed by atoms with Crippen molar-refractivity contribution in [2.75, 3.05) is 56.7 Å². The molecule has 0 saturated carbocycles. The van der Waals surface area contributed by atoms with Crippen LogP contribution in [0, 0.1) is 0 Å². The summed E-state index contributed by atoms with van der Waals surface area (Å²) >= 11 is 0. The van der Waals surface area contributed by atoms with E-state index in [-0.39, 0.29) is 5.56 Å². The molecule has 0 bridgehead atoms. The number of aromatic nitrogens is 3. The number of ether oxygens (including phenoxy) is 1. The Hall–Kier alpha value is -2.97. The van der Waals surface area contributed by atoms with Crippen molar-refractivity contribution in [1.82, 2.24) is 19.4 Å². The molecule has 3 heterocycles. The van der Waals surface area contributed by atoms with E-state index in [0.29, 0.717) is 31.4 Å². The zero-order valence-corrected chi connectivity index (χ0v) is 19.0. The topological polar surface area (TPSA) is 75.5 Å². The summed E-state index contributed by atoms with van der Waals surface area (Å²) < 4.78 is 7.31. The van der Waals surface area contributed by atoms with Crippen LogP contribution in [-0.4, -0.2) is 65.9 Å². The zero-order chi connectivity index (χ0) is 22.3. The Labute approximate surface area is 188 Å². The van der Waals surface area contributed by atoms with Gasteiger partial charge in [-0.25, -0.2) is 4.98 Å². The number of likely N-dealkylation sites (N-methyl/N-ethyl adjacent to an activating group) is 1. The molecule has 8 heteroatoms. The summed E-state index contributed by atoms with van der Waals surface area (Å²) in [5.74, 6) is 0.469. The molecule has 32 heavy (non-hydrogen) atoms. The normalized spacial score (nSPS) is 14.8. The van der Waals surface area contributed by atoms with Gasteiger partial charge in [-0.3, -0.25) is 9.36 Å². The van der Waals surface area contributed by atoms with Crippen LogP contribution in [0.15, 0.2) is 47.4 Å². The van der Waals surface area contributed by atoms with E-state index in [2.05, 4.69) is 51.2 Å². The Morgan fingerprint density at radius 2 is 1.81 bits per heavy atom. The summed E-state index contributed by atoms with van der Waals surface area (Å²) in [4.78, 5) is 26.3. The number of nitrogens with one attached hydrogen (secondary N) is 1. The molecule has 1 fully saturated rings. The fourth-order valence-electron chi connectivity index (χ4n) is 3.80. The first kappa shape index (κ1) is 22.2. The molecule has 1 aromatic carbocycles. The van der Waals surface area contributed by atoms with Crippen LogP contribution >= 0.6 is 0 Å². The molecule has 0 atom stereocenters. The Morgan fingerprint density at radius 3 is 2.56 bits per heavy atom. The third-order valence-corrected chi connectivity index (χ3v) is 5.82. The highest BCUT2D eigenvalue weighted by molar-refractivity contribution is 5.75. The van der Waals surface area contributed by atoms with Crippen LogP contribution in [0.3, 0.4) is 0 Å². The van der Waals surface area contributed by atoms with Crippen molar-refractivity contribution in [1.29, 1.82) is 0 Å². The van der Waals surface area contributed by atoms with Gasteiger partial charge in [0, 0.05) is 61.8 Å². The minimum Gasteiger partial charge on any atom is -0.380 e. The molecule has 0 aliphatic carbocycles. The zero-order valence-electron chi connectivity index (χ0n) is 19.0. The fourth-order valence-corrected chi connectivity index (χ4v) is 3.80. The number of pyridine rings is 1. The van der Waals surface area contributed by atoms with E-state index < -0.39 is 0 Å². The van der Waals surface area contributed by atoms with Crippen molar-refractivity contribution < 1.29 is 4.74 Å². The maximum Gasteiger partial charge on any atom is 0.252 e. The van der Waals surface area contributed by atoms with Gasteiger partial charge < -0.3 is 19.9 Å². The van der Waals surface area contributed by atoms with Gasteiger partial charge >= 0.3 is 0 Å². The lowest BCUT2D eigenvalue weighted by Gasteiger charge is -2.34. The molecular weight excluding hydrogens is 404 g/mol. The molecule has 4 rings (SSSR count). The number of piperazine rings is 1. The van der Waals surface area contributed by atoms with Gasteiger partial charge in [0.1, 0.15) is 5.65 Å². The minimum absolute atomic E-state index is 0.0854. The number of nitrogens with zero attached hydrogens (tertiary/aromatic N) is 5. The molecule has 3 aromatic rings. The molecule has 1 N–H and O–H groups in total. The van der Waals surface area contributed by atoms with E-state index in [1.807, 2.05) is 12.1 Å². The first-order valence-corrected chi connectivity index (χ1v) is 11.4. The molecule has 8 nitrogen and oxygen atoms in total. The van der Waals surface area contributed by atoms with Gasteiger partial charge in [-0.15, -0.1) is 0 Å². The number of rotatable bonds is 9. The fraction of sp³-hybridized carbons (Fsp3) is 0.458. The molecule has 1 saturated heterocycles. The van der Waals surface area contributed by atoms with Crippen LogP contribution in [0.25, 0.3) is 11.0 Å². The quantitative estimate of drug-likeness (QED) is 0.517. The van der Waals surface area contributed by atoms with Crippen molar-refractivity contribution in [2.24, 2.45) is 0 Å². The SMILES string of the molecule is CCCCOCCn1c(=O)ccc2cnc(Nc3ccc(N4CCN(C)CC4)cc3)nc21.